The molecule has 8 heteroatoms. The van der Waals surface area contributed by atoms with E-state index in [0.29, 0.717) is 29.8 Å². The van der Waals surface area contributed by atoms with Crippen molar-refractivity contribution in [3.63, 3.8) is 0 Å². The molecule has 0 bridgehead atoms. The first-order chi connectivity index (χ1) is 14.9. The number of hydrogen-bond acceptors (Lipinski definition) is 3. The summed E-state index contributed by atoms with van der Waals surface area (Å²) in [5.41, 5.74) is 3.37. The Kier molecular flexibility index (Phi) is 5.02. The quantitative estimate of drug-likeness (QED) is 0.682. The predicted octanol–water partition coefficient (Wildman–Crippen LogP) is 2.75. The maximum absolute atomic E-state index is 13.3. The maximum atomic E-state index is 13.3. The van der Waals surface area contributed by atoms with Crippen LogP contribution in [0, 0.1) is 6.92 Å². The van der Waals surface area contributed by atoms with Crippen molar-refractivity contribution >= 4 is 34.3 Å². The van der Waals surface area contributed by atoms with E-state index in [1.165, 1.54) is 0 Å². The Hall–Kier alpha value is -2.77. The molecule has 2 aliphatic heterocycles. The Morgan fingerprint density at radius 3 is 2.45 bits per heavy atom. The van der Waals surface area contributed by atoms with Gasteiger partial charge in [-0.3, -0.25) is 14.5 Å². The van der Waals surface area contributed by atoms with Crippen LogP contribution in [0.15, 0.2) is 36.5 Å². The summed E-state index contributed by atoms with van der Waals surface area (Å²) < 4.78 is 1.98. The van der Waals surface area contributed by atoms with Crippen LogP contribution in [0.5, 0.6) is 0 Å². The van der Waals surface area contributed by atoms with Crippen molar-refractivity contribution in [1.29, 1.82) is 0 Å². The molecule has 2 amide bonds. The third-order valence-corrected chi connectivity index (χ3v) is 6.95. The number of piperazine rings is 1. The number of carbonyl (C=O) groups is 2. The summed E-state index contributed by atoms with van der Waals surface area (Å²) in [5, 5.41) is 1.70. The molecule has 0 radical (unpaired) electrons. The Bertz CT molecular complexity index is 1140. The first kappa shape index (κ1) is 20.2. The fourth-order valence-electron chi connectivity index (χ4n) is 4.83. The average molecular weight is 440 g/mol. The summed E-state index contributed by atoms with van der Waals surface area (Å²) >= 11 is 6.17. The number of amides is 2. The van der Waals surface area contributed by atoms with Gasteiger partial charge in [0.2, 0.25) is 0 Å². The summed E-state index contributed by atoms with van der Waals surface area (Å²) in [7, 11) is 1.94. The minimum atomic E-state index is 0.0569. The van der Waals surface area contributed by atoms with E-state index in [0.717, 1.165) is 48.3 Å². The summed E-state index contributed by atoms with van der Waals surface area (Å²) in [6.45, 7) is 6.53. The van der Waals surface area contributed by atoms with Crippen molar-refractivity contribution in [3.05, 3.63) is 58.5 Å². The van der Waals surface area contributed by atoms with Gasteiger partial charge in [0.05, 0.1) is 0 Å². The molecule has 7 nitrogen and oxygen atoms in total. The number of H-pyrrole nitrogens is 1. The smallest absolute Gasteiger partial charge is 0.270 e. The van der Waals surface area contributed by atoms with Crippen LogP contribution in [0.1, 0.15) is 26.5 Å². The summed E-state index contributed by atoms with van der Waals surface area (Å²) in [6.07, 6.45) is 1.77. The third-order valence-electron chi connectivity index (χ3n) is 6.71. The maximum Gasteiger partial charge on any atom is 0.270 e. The van der Waals surface area contributed by atoms with Crippen LogP contribution < -0.4 is 0 Å². The summed E-state index contributed by atoms with van der Waals surface area (Å²) in [5.74, 6) is 0.130. The molecule has 2 saturated heterocycles. The molecule has 2 aliphatic rings. The second-order valence-corrected chi connectivity index (χ2v) is 8.91. The Morgan fingerprint density at radius 2 is 1.77 bits per heavy atom. The van der Waals surface area contributed by atoms with Crippen LogP contribution in [-0.2, 0) is 7.05 Å². The highest BCUT2D eigenvalue weighted by Crippen LogP contribution is 2.29. The lowest BCUT2D eigenvalue weighted by molar-refractivity contribution is 0.00809. The number of nitrogens with zero attached hydrogens (tertiary/aromatic N) is 4. The number of aryl methyl sites for hydroxylation is 2. The van der Waals surface area contributed by atoms with Crippen LogP contribution in [0.4, 0.5) is 0 Å². The van der Waals surface area contributed by atoms with Gasteiger partial charge in [-0.1, -0.05) is 11.6 Å². The van der Waals surface area contributed by atoms with Crippen LogP contribution in [0.3, 0.4) is 0 Å². The molecule has 162 valence electrons. The lowest BCUT2D eigenvalue weighted by Gasteiger charge is -2.48. The van der Waals surface area contributed by atoms with Crippen LogP contribution in [0.2, 0.25) is 5.02 Å². The third kappa shape index (κ3) is 3.42. The molecule has 1 N–H and O–H groups in total. The van der Waals surface area contributed by atoms with Gasteiger partial charge in [-0.05, 0) is 42.8 Å². The average Bonchev–Trinajstić information content (AvgIpc) is 3.35. The number of rotatable bonds is 3. The molecule has 4 heterocycles. The minimum absolute atomic E-state index is 0.0569. The molecular weight excluding hydrogens is 414 g/mol. The van der Waals surface area contributed by atoms with Crippen molar-refractivity contribution in [2.45, 2.75) is 13.0 Å². The molecule has 2 aromatic heterocycles. The lowest BCUT2D eigenvalue weighted by atomic mass is 10.0. The number of carbonyl (C=O) groups excluding carboxylic acids is 2. The number of aromatic amines is 1. The van der Waals surface area contributed by atoms with E-state index in [-0.39, 0.29) is 11.8 Å². The first-order valence-corrected chi connectivity index (χ1v) is 11.0. The molecule has 2 fully saturated rings. The number of hydrogen-bond donors (Lipinski definition) is 1. The number of benzene rings is 1. The topological polar surface area (TPSA) is 64.6 Å². The van der Waals surface area contributed by atoms with Crippen molar-refractivity contribution < 1.29 is 9.59 Å². The van der Waals surface area contributed by atoms with Crippen molar-refractivity contribution in [2.75, 3.05) is 39.3 Å². The summed E-state index contributed by atoms with van der Waals surface area (Å²) in [4.78, 5) is 34.9. The van der Waals surface area contributed by atoms with Crippen LogP contribution >= 0.6 is 11.6 Å². The largest absolute Gasteiger partial charge is 0.357 e. The highest BCUT2D eigenvalue weighted by molar-refractivity contribution is 6.31. The normalized spacial score (nSPS) is 17.9. The van der Waals surface area contributed by atoms with Gasteiger partial charge in [0.15, 0.2) is 0 Å². The monoisotopic (exact) mass is 439 g/mol. The van der Waals surface area contributed by atoms with E-state index in [4.69, 9.17) is 11.6 Å². The zero-order valence-electron chi connectivity index (χ0n) is 17.8. The van der Waals surface area contributed by atoms with E-state index in [9.17, 15) is 9.59 Å². The van der Waals surface area contributed by atoms with E-state index in [1.54, 1.807) is 6.20 Å². The molecule has 0 unspecified atom stereocenters. The summed E-state index contributed by atoms with van der Waals surface area (Å²) in [6, 6.07) is 9.78. The first-order valence-electron chi connectivity index (χ1n) is 10.6. The number of fused-ring (bicyclic) bond motifs is 1. The molecule has 3 aromatic rings. The number of aromatic nitrogens is 2. The molecule has 5 rings (SSSR count). The Morgan fingerprint density at radius 1 is 1.03 bits per heavy atom. The van der Waals surface area contributed by atoms with Gasteiger partial charge in [-0.15, -0.1) is 0 Å². The van der Waals surface area contributed by atoms with E-state index in [1.807, 2.05) is 58.7 Å². The Labute approximate surface area is 186 Å². The van der Waals surface area contributed by atoms with Gasteiger partial charge in [0, 0.05) is 74.5 Å². The zero-order valence-corrected chi connectivity index (χ0v) is 18.5. The second-order valence-electron chi connectivity index (χ2n) is 8.47. The van der Waals surface area contributed by atoms with Gasteiger partial charge in [-0.2, -0.15) is 0 Å². The van der Waals surface area contributed by atoms with Crippen LogP contribution in [-0.4, -0.2) is 81.4 Å². The number of halogens is 1. The zero-order chi connectivity index (χ0) is 21.7. The standard InChI is InChI=1S/C23H26ClN5O2/c1-15-18-12-16(24)5-6-20(18)26(2)21(15)23(31)28-10-8-27(9-11-28)17-13-29(14-17)22(30)19-4-3-7-25-19/h3-7,12,17,25H,8-11,13-14H2,1-2H3. The highest BCUT2D eigenvalue weighted by atomic mass is 35.5. The van der Waals surface area contributed by atoms with Crippen molar-refractivity contribution in [2.24, 2.45) is 7.05 Å². The molecule has 0 spiro atoms. The van der Waals surface area contributed by atoms with Gasteiger partial charge in [0.25, 0.3) is 11.8 Å². The molecular formula is C23H26ClN5O2. The van der Waals surface area contributed by atoms with Crippen molar-refractivity contribution in [1.82, 2.24) is 24.3 Å². The lowest BCUT2D eigenvalue weighted by Crippen LogP contribution is -2.64. The van der Waals surface area contributed by atoms with Gasteiger partial charge >= 0.3 is 0 Å². The molecule has 31 heavy (non-hydrogen) atoms. The number of nitrogens with one attached hydrogen (secondary N) is 1. The van der Waals surface area contributed by atoms with E-state index >= 15 is 0 Å². The molecule has 0 atom stereocenters. The second kappa shape index (κ2) is 7.73. The SMILES string of the molecule is Cc1c(C(=O)N2CCN(C3CN(C(=O)c4ccc[nH]4)C3)CC2)n(C)c2ccc(Cl)cc12. The number of likely N-dealkylation sites (tertiary alicyclic amines) is 1. The molecule has 1 aromatic carbocycles. The minimum Gasteiger partial charge on any atom is -0.357 e. The molecule has 0 saturated carbocycles. The van der Waals surface area contributed by atoms with Gasteiger partial charge < -0.3 is 19.4 Å². The highest BCUT2D eigenvalue weighted by Gasteiger charge is 2.37. The molecule has 0 aliphatic carbocycles. The van der Waals surface area contributed by atoms with Crippen LogP contribution in [0.25, 0.3) is 10.9 Å². The van der Waals surface area contributed by atoms with Gasteiger partial charge in [-0.25, -0.2) is 0 Å². The fourth-order valence-corrected chi connectivity index (χ4v) is 5.00. The van der Waals surface area contributed by atoms with E-state index < -0.39 is 0 Å². The van der Waals surface area contributed by atoms with Crippen molar-refractivity contribution in [3.8, 4) is 0 Å². The van der Waals surface area contributed by atoms with E-state index in [2.05, 4.69) is 9.88 Å². The van der Waals surface area contributed by atoms with Gasteiger partial charge in [0.1, 0.15) is 11.4 Å². The Balaban J connectivity index is 1.21. The fraction of sp³-hybridized carbons (Fsp3) is 0.391. The predicted molar refractivity (Wildman–Crippen MR) is 121 cm³/mol.